The monoisotopic (exact) mass is 593 g/mol. The first-order chi connectivity index (χ1) is 22.0. The molecule has 6 rings (SSSR count). The maximum absolute atomic E-state index is 14.0. The Kier molecular flexibility index (Phi) is 9.85. The van der Waals surface area contributed by atoms with E-state index in [-0.39, 0.29) is 5.92 Å². The van der Waals surface area contributed by atoms with Crippen LogP contribution < -0.4 is 4.90 Å². The number of benzene rings is 3. The Labute approximate surface area is 271 Å². The number of rotatable bonds is 10. The van der Waals surface area contributed by atoms with E-state index in [0.29, 0.717) is 30.0 Å². The van der Waals surface area contributed by atoms with Crippen molar-refractivity contribution >= 4 is 17.0 Å². The van der Waals surface area contributed by atoms with Gasteiger partial charge in [-0.2, -0.15) is 0 Å². The van der Waals surface area contributed by atoms with E-state index in [4.69, 9.17) is 6.42 Å². The lowest BCUT2D eigenvalue weighted by Gasteiger charge is -2.34. The van der Waals surface area contributed by atoms with Gasteiger partial charge in [-0.25, -0.2) is 0 Å². The molecule has 0 bridgehead atoms. The number of allylic oxidation sites excluding steroid dienone is 4. The number of hydrogen-bond acceptors (Lipinski definition) is 2. The molecule has 2 aliphatic carbocycles. The molecule has 0 N–H and O–H groups in total. The van der Waals surface area contributed by atoms with E-state index in [1.807, 2.05) is 6.07 Å². The molecule has 2 fully saturated rings. The summed E-state index contributed by atoms with van der Waals surface area (Å²) in [5.74, 6) is 4.78. The third-order valence-electron chi connectivity index (χ3n) is 10.4. The largest absolute Gasteiger partial charge is 0.370 e. The Morgan fingerprint density at radius 3 is 2.36 bits per heavy atom. The summed E-state index contributed by atoms with van der Waals surface area (Å²) < 4.78 is 0. The van der Waals surface area contributed by atoms with Crippen molar-refractivity contribution in [3.8, 4) is 12.3 Å². The molecule has 0 amide bonds. The first-order valence-corrected chi connectivity index (χ1v) is 17.0. The van der Waals surface area contributed by atoms with Crippen molar-refractivity contribution in [2.24, 2.45) is 17.8 Å². The number of nitrogens with zero attached hydrogens (tertiary/aromatic N) is 1. The number of ketones is 1. The molecular weight excluding hydrogens is 546 g/mol. The Bertz CT molecular complexity index is 1580. The molecule has 230 valence electrons. The maximum atomic E-state index is 14.0. The topological polar surface area (TPSA) is 20.3 Å². The summed E-state index contributed by atoms with van der Waals surface area (Å²) in [6, 6.07) is 26.1. The number of Topliss-reactive ketones (excluding diaryl/α,β-unsaturated/α-hetero) is 1. The fraction of sp³-hybridized carbons (Fsp3) is 0.372. The highest BCUT2D eigenvalue weighted by Crippen LogP contribution is 2.41. The van der Waals surface area contributed by atoms with Crippen molar-refractivity contribution in [3.63, 3.8) is 0 Å². The predicted molar refractivity (Wildman–Crippen MR) is 189 cm³/mol. The number of anilines is 1. The molecule has 45 heavy (non-hydrogen) atoms. The molecule has 0 radical (unpaired) electrons. The van der Waals surface area contributed by atoms with E-state index in [2.05, 4.69) is 109 Å². The lowest BCUT2D eigenvalue weighted by atomic mass is 9.70. The van der Waals surface area contributed by atoms with E-state index in [0.717, 1.165) is 70.0 Å². The molecule has 1 saturated carbocycles. The Morgan fingerprint density at radius 2 is 1.69 bits per heavy atom. The molecule has 2 atom stereocenters. The Hall–Kier alpha value is -4.09. The molecule has 0 spiro atoms. The first kappa shape index (κ1) is 30.9. The average Bonchev–Trinajstić information content (AvgIpc) is 3.52. The highest BCUT2D eigenvalue weighted by atomic mass is 16.1. The quantitative estimate of drug-likeness (QED) is 0.172. The first-order valence-electron chi connectivity index (χ1n) is 17.0. The molecule has 3 aromatic carbocycles. The second kappa shape index (κ2) is 14.3. The normalized spacial score (nSPS) is 22.1. The molecule has 3 aliphatic rings. The van der Waals surface area contributed by atoms with Gasteiger partial charge in [0, 0.05) is 31.0 Å². The van der Waals surface area contributed by atoms with Gasteiger partial charge < -0.3 is 4.90 Å². The fourth-order valence-corrected chi connectivity index (χ4v) is 7.72. The molecule has 2 nitrogen and oxygen atoms in total. The van der Waals surface area contributed by atoms with Crippen molar-refractivity contribution in [1.29, 1.82) is 0 Å². The van der Waals surface area contributed by atoms with Crippen LogP contribution in [0.1, 0.15) is 85.6 Å². The van der Waals surface area contributed by atoms with Gasteiger partial charge in [0.05, 0.1) is 5.69 Å². The maximum Gasteiger partial charge on any atom is 0.140 e. The van der Waals surface area contributed by atoms with E-state index in [9.17, 15) is 4.79 Å². The summed E-state index contributed by atoms with van der Waals surface area (Å²) in [7, 11) is 0. The highest BCUT2D eigenvalue weighted by Gasteiger charge is 2.33. The SMILES string of the molecule is C#Cc1ccc(CC2CCC(C(C(=O)CCc3ccccc3)c3ccc(C4=CC(C)C=C4)cc3)CC2)cc1N1CCC(=C)CC1. The van der Waals surface area contributed by atoms with Crippen LogP contribution in [0, 0.1) is 30.1 Å². The van der Waals surface area contributed by atoms with Gasteiger partial charge in [-0.15, -0.1) is 6.42 Å². The van der Waals surface area contributed by atoms with Gasteiger partial charge >= 0.3 is 0 Å². The van der Waals surface area contributed by atoms with E-state index in [1.54, 1.807) is 0 Å². The fourth-order valence-electron chi connectivity index (χ4n) is 7.72. The number of carbonyl (C=O) groups excluding carboxylic acids is 1. The molecule has 0 aromatic heterocycles. The van der Waals surface area contributed by atoms with Gasteiger partial charge in [0.1, 0.15) is 5.78 Å². The van der Waals surface area contributed by atoms with E-state index in [1.165, 1.54) is 39.1 Å². The number of piperidine rings is 1. The van der Waals surface area contributed by atoms with Gasteiger partial charge in [-0.3, -0.25) is 4.79 Å². The van der Waals surface area contributed by atoms with E-state index >= 15 is 0 Å². The van der Waals surface area contributed by atoms with Crippen molar-refractivity contribution in [2.75, 3.05) is 18.0 Å². The van der Waals surface area contributed by atoms with Crippen molar-refractivity contribution in [1.82, 2.24) is 0 Å². The zero-order chi connectivity index (χ0) is 31.2. The van der Waals surface area contributed by atoms with Crippen molar-refractivity contribution < 1.29 is 4.79 Å². The van der Waals surface area contributed by atoms with Crippen LogP contribution in [0.2, 0.25) is 0 Å². The van der Waals surface area contributed by atoms with Gasteiger partial charge in [0.25, 0.3) is 0 Å². The number of carbonyl (C=O) groups is 1. The molecular formula is C43H47NO. The number of aryl methyl sites for hydroxylation is 1. The predicted octanol–water partition coefficient (Wildman–Crippen LogP) is 9.75. The second-order valence-electron chi connectivity index (χ2n) is 13.6. The smallest absolute Gasteiger partial charge is 0.140 e. The van der Waals surface area contributed by atoms with Crippen LogP contribution >= 0.6 is 0 Å². The summed E-state index contributed by atoms with van der Waals surface area (Å²) in [6.07, 6.45) is 21.8. The van der Waals surface area contributed by atoms with Crippen LogP contribution in [0.3, 0.4) is 0 Å². The van der Waals surface area contributed by atoms with Crippen LogP contribution in [0.4, 0.5) is 5.69 Å². The zero-order valence-corrected chi connectivity index (χ0v) is 26.9. The van der Waals surface area contributed by atoms with Gasteiger partial charge in [0.15, 0.2) is 0 Å². The van der Waals surface area contributed by atoms with Gasteiger partial charge in [0.2, 0.25) is 0 Å². The molecule has 1 aliphatic heterocycles. The summed E-state index contributed by atoms with van der Waals surface area (Å²) in [5.41, 5.74) is 9.88. The summed E-state index contributed by atoms with van der Waals surface area (Å²) >= 11 is 0. The van der Waals surface area contributed by atoms with Gasteiger partial charge in [-0.05, 0) is 109 Å². The van der Waals surface area contributed by atoms with Crippen molar-refractivity contribution in [3.05, 3.63) is 131 Å². The Balaban J connectivity index is 1.14. The summed E-state index contributed by atoms with van der Waals surface area (Å²) in [6.45, 7) is 8.39. The standard InChI is InChI=1S/C43H47NO/c1-4-36-16-13-35(30-41(36)44-26-24-31(2)25-27-44)29-34-11-17-38(18-12-34)43(42(45)23-14-33-8-6-5-7-9-33)39-21-19-37(20-22-39)40-15-10-32(3)28-40/h1,5-10,13,15-16,19-22,28,30,32,34,38,43H,2,11-12,14,17-18,23-27,29H2,3H3. The van der Waals surface area contributed by atoms with Crippen LogP contribution in [0.5, 0.6) is 0 Å². The summed E-state index contributed by atoms with van der Waals surface area (Å²) in [4.78, 5) is 16.4. The Morgan fingerprint density at radius 1 is 0.956 bits per heavy atom. The lowest BCUT2D eigenvalue weighted by Crippen LogP contribution is -2.31. The third-order valence-corrected chi connectivity index (χ3v) is 10.4. The molecule has 1 heterocycles. The third kappa shape index (κ3) is 7.59. The van der Waals surface area contributed by atoms with E-state index < -0.39 is 0 Å². The van der Waals surface area contributed by atoms with Crippen LogP contribution in [0.25, 0.3) is 5.57 Å². The number of terminal acetylenes is 1. The van der Waals surface area contributed by atoms with Crippen molar-refractivity contribution in [2.45, 2.75) is 70.6 Å². The zero-order valence-electron chi connectivity index (χ0n) is 26.9. The average molecular weight is 594 g/mol. The minimum atomic E-state index is -0.0360. The molecule has 2 unspecified atom stereocenters. The van der Waals surface area contributed by atoms with Crippen LogP contribution in [-0.4, -0.2) is 18.9 Å². The minimum absolute atomic E-state index is 0.0360. The second-order valence-corrected chi connectivity index (χ2v) is 13.6. The van der Waals surface area contributed by atoms with Crippen LogP contribution in [0.15, 0.2) is 103 Å². The molecule has 2 heteroatoms. The number of hydrogen-bond donors (Lipinski definition) is 0. The minimum Gasteiger partial charge on any atom is -0.370 e. The van der Waals surface area contributed by atoms with Crippen LogP contribution in [-0.2, 0) is 17.6 Å². The lowest BCUT2D eigenvalue weighted by molar-refractivity contribution is -0.122. The van der Waals surface area contributed by atoms with Gasteiger partial charge in [-0.1, -0.05) is 104 Å². The molecule has 1 saturated heterocycles. The summed E-state index contributed by atoms with van der Waals surface area (Å²) in [5, 5.41) is 0. The highest BCUT2D eigenvalue weighted by molar-refractivity contribution is 5.86. The molecule has 3 aromatic rings.